The molecule has 3 heterocycles. The summed E-state index contributed by atoms with van der Waals surface area (Å²) in [7, 11) is 3.37. The molecule has 2 aromatic rings. The lowest BCUT2D eigenvalue weighted by molar-refractivity contribution is -0.274. The number of nitrogens with zero attached hydrogens (tertiary/aromatic N) is 4. The maximum Gasteiger partial charge on any atom is 0.573 e. The van der Waals surface area contributed by atoms with Crippen LogP contribution in [0.25, 0.3) is 0 Å². The Labute approximate surface area is 255 Å². The molecule has 2 aliphatic heterocycles. The molecule has 4 rings (SSSR count). The largest absolute Gasteiger partial charge is 0.573 e. The van der Waals surface area contributed by atoms with Crippen LogP contribution in [0.2, 0.25) is 0 Å². The predicted molar refractivity (Wildman–Crippen MR) is 152 cm³/mol. The van der Waals surface area contributed by atoms with Crippen LogP contribution in [0.3, 0.4) is 0 Å². The molecule has 0 aliphatic carbocycles. The summed E-state index contributed by atoms with van der Waals surface area (Å²) in [4.78, 5) is 34.6. The number of carbonyl (C=O) groups is 2. The smallest absolute Gasteiger partial charge is 0.406 e. The first-order valence-electron chi connectivity index (χ1n) is 14.0. The minimum Gasteiger partial charge on any atom is -0.406 e. The summed E-state index contributed by atoms with van der Waals surface area (Å²) >= 11 is 1.74. The van der Waals surface area contributed by atoms with Gasteiger partial charge in [-0.25, -0.2) is 4.98 Å². The van der Waals surface area contributed by atoms with Crippen molar-refractivity contribution in [3.63, 3.8) is 0 Å². The number of hydrogen-bond acceptors (Lipinski definition) is 7. The van der Waals surface area contributed by atoms with Crippen LogP contribution in [0.5, 0.6) is 5.75 Å². The molecule has 1 aromatic carbocycles. The number of rotatable bonds is 7. The van der Waals surface area contributed by atoms with E-state index >= 15 is 0 Å². The molecule has 1 atom stereocenters. The van der Waals surface area contributed by atoms with Crippen LogP contribution in [-0.2, 0) is 10.4 Å². The zero-order valence-corrected chi connectivity index (χ0v) is 25.2. The summed E-state index contributed by atoms with van der Waals surface area (Å²) in [6.45, 7) is 3.23. The third kappa shape index (κ3) is 7.53. The molecule has 2 fully saturated rings. The fourth-order valence-electron chi connectivity index (χ4n) is 5.43. The van der Waals surface area contributed by atoms with Gasteiger partial charge in [0.05, 0.1) is 11.3 Å². The van der Waals surface area contributed by atoms with E-state index in [1.165, 1.54) is 4.90 Å². The third-order valence-corrected chi connectivity index (χ3v) is 9.51. The monoisotopic (exact) mass is 648 g/mol. The van der Waals surface area contributed by atoms with Crippen LogP contribution in [0.1, 0.15) is 47.3 Å². The van der Waals surface area contributed by atoms with Crippen molar-refractivity contribution in [1.82, 2.24) is 14.8 Å². The van der Waals surface area contributed by atoms with Gasteiger partial charge in [-0.3, -0.25) is 9.59 Å². The molecule has 0 unspecified atom stereocenters. The lowest BCUT2D eigenvalue weighted by atomic mass is 9.90. The van der Waals surface area contributed by atoms with E-state index in [0.717, 1.165) is 54.8 Å². The fraction of sp³-hybridized carbons (Fsp3) is 0.552. The van der Waals surface area contributed by atoms with E-state index in [0.29, 0.717) is 35.4 Å². The van der Waals surface area contributed by atoms with Crippen LogP contribution in [0.15, 0.2) is 36.4 Å². The van der Waals surface area contributed by atoms with Crippen molar-refractivity contribution < 1.29 is 45.8 Å². The molecule has 1 aromatic heterocycles. The molecule has 242 valence electrons. The second kappa shape index (κ2) is 13.0. The minimum atomic E-state index is -5.49. The molecule has 15 heteroatoms. The van der Waals surface area contributed by atoms with Crippen LogP contribution in [0, 0.1) is 6.92 Å². The molecule has 44 heavy (non-hydrogen) atoms. The molecular weight excluding hydrogens is 614 g/mol. The van der Waals surface area contributed by atoms with Crippen LogP contribution < -0.4 is 9.64 Å². The molecule has 0 radical (unpaired) electrons. The number of thioether (sulfide) groups is 1. The summed E-state index contributed by atoms with van der Waals surface area (Å²) in [5, 5.41) is 11.1. The molecule has 0 bridgehead atoms. The van der Waals surface area contributed by atoms with Crippen molar-refractivity contribution in [2.24, 2.45) is 0 Å². The number of carbonyl (C=O) groups excluding carboxylic acids is 2. The Kier molecular flexibility index (Phi) is 9.98. The number of aromatic nitrogens is 1. The van der Waals surface area contributed by atoms with Crippen LogP contribution >= 0.6 is 11.8 Å². The minimum absolute atomic E-state index is 0.0340. The average Bonchev–Trinajstić information content (AvgIpc) is 2.95. The van der Waals surface area contributed by atoms with E-state index in [9.17, 15) is 41.0 Å². The van der Waals surface area contributed by atoms with Gasteiger partial charge in [0, 0.05) is 56.3 Å². The number of piperidine rings is 2. The SMILES string of the molecule is Cc1nc(N2CCC(SC3CCN(C(=O)[C@](O)(c4cccc(OC(F)(F)F)c4)C(F)(F)F)CC3)CC2)ccc1C(=O)N(C)C. The van der Waals surface area contributed by atoms with Gasteiger partial charge >= 0.3 is 12.5 Å². The van der Waals surface area contributed by atoms with Gasteiger partial charge in [-0.15, -0.1) is 13.2 Å². The average molecular weight is 649 g/mol. The number of amides is 2. The lowest BCUT2D eigenvalue weighted by Gasteiger charge is -2.40. The normalized spacial score (nSPS) is 18.6. The van der Waals surface area contributed by atoms with Crippen molar-refractivity contribution in [2.75, 3.05) is 45.2 Å². The van der Waals surface area contributed by atoms with E-state index in [2.05, 4.69) is 14.6 Å². The predicted octanol–water partition coefficient (Wildman–Crippen LogP) is 5.13. The van der Waals surface area contributed by atoms with E-state index in [1.54, 1.807) is 38.8 Å². The molecule has 2 amide bonds. The number of halogens is 6. The highest BCUT2D eigenvalue weighted by atomic mass is 32.2. The maximum atomic E-state index is 14.1. The molecule has 2 aliphatic rings. The van der Waals surface area contributed by atoms with Crippen molar-refractivity contribution in [2.45, 2.75) is 61.2 Å². The van der Waals surface area contributed by atoms with Gasteiger partial charge < -0.3 is 24.5 Å². The Hall–Kier alpha value is -3.20. The van der Waals surface area contributed by atoms with E-state index in [4.69, 9.17) is 0 Å². The number of ether oxygens (including phenoxy) is 1. The van der Waals surface area contributed by atoms with Gasteiger partial charge in [-0.2, -0.15) is 24.9 Å². The number of aliphatic hydroxyl groups is 1. The zero-order chi connectivity index (χ0) is 32.4. The highest BCUT2D eigenvalue weighted by molar-refractivity contribution is 8.00. The van der Waals surface area contributed by atoms with Crippen molar-refractivity contribution >= 4 is 29.4 Å². The third-order valence-electron chi connectivity index (χ3n) is 7.79. The highest BCUT2D eigenvalue weighted by Crippen LogP contribution is 2.43. The summed E-state index contributed by atoms with van der Waals surface area (Å²) in [6.07, 6.45) is -8.13. The van der Waals surface area contributed by atoms with Gasteiger partial charge in [0.15, 0.2) is 0 Å². The van der Waals surface area contributed by atoms with Crippen LogP contribution in [-0.4, -0.2) is 95.0 Å². The Balaban J connectivity index is 1.33. The van der Waals surface area contributed by atoms with Gasteiger partial charge in [0.1, 0.15) is 11.6 Å². The summed E-state index contributed by atoms with van der Waals surface area (Å²) in [5.74, 6) is -1.93. The molecule has 0 spiro atoms. The second-order valence-corrected chi connectivity index (χ2v) is 12.7. The fourth-order valence-corrected chi connectivity index (χ4v) is 6.94. The number of pyridine rings is 1. The van der Waals surface area contributed by atoms with E-state index in [-0.39, 0.29) is 24.2 Å². The van der Waals surface area contributed by atoms with E-state index < -0.39 is 35.4 Å². The Morgan fingerprint density at radius 3 is 2.07 bits per heavy atom. The van der Waals surface area contributed by atoms with Crippen molar-refractivity contribution in [3.05, 3.63) is 53.2 Å². The first-order valence-corrected chi connectivity index (χ1v) is 15.0. The Morgan fingerprint density at radius 1 is 0.955 bits per heavy atom. The second-order valence-electron chi connectivity index (χ2n) is 11.1. The molecule has 8 nitrogen and oxygen atoms in total. The van der Waals surface area contributed by atoms with Gasteiger partial charge in [0.2, 0.25) is 0 Å². The van der Waals surface area contributed by atoms with E-state index in [1.807, 2.05) is 6.07 Å². The quantitative estimate of drug-likeness (QED) is 0.417. The topological polar surface area (TPSA) is 86.2 Å². The summed E-state index contributed by atoms with van der Waals surface area (Å²) in [5.41, 5.74) is -3.89. The zero-order valence-electron chi connectivity index (χ0n) is 24.4. The molecular formula is C29H34F6N4O4S. The summed E-state index contributed by atoms with van der Waals surface area (Å²) in [6, 6.07) is 6.38. The Morgan fingerprint density at radius 2 is 1.55 bits per heavy atom. The number of aryl methyl sites for hydroxylation is 1. The van der Waals surface area contributed by atoms with Gasteiger partial charge in [-0.1, -0.05) is 12.1 Å². The van der Waals surface area contributed by atoms with Gasteiger partial charge in [-0.05, 0) is 56.9 Å². The van der Waals surface area contributed by atoms with Crippen molar-refractivity contribution in [3.8, 4) is 5.75 Å². The molecule has 0 saturated carbocycles. The standard InChI is InChI=1S/C29H34F6N4O4S/c1-18-23(25(40)37(2)3)7-8-24(36-18)38-13-9-21(10-14-38)44-22-11-15-39(16-12-22)26(41)27(42,28(30,31)32)19-5-4-6-20(17-19)43-29(33,34)35/h4-8,17,21-22,42H,9-16H2,1-3H3/t27-/m1/s1. The lowest BCUT2D eigenvalue weighted by Crippen LogP contribution is -2.57. The summed E-state index contributed by atoms with van der Waals surface area (Å²) < 4.78 is 83.9. The van der Waals surface area contributed by atoms with Gasteiger partial charge in [0.25, 0.3) is 17.4 Å². The number of benzene rings is 1. The number of anilines is 1. The maximum absolute atomic E-state index is 14.1. The molecule has 2 saturated heterocycles. The number of alkyl halides is 6. The Bertz CT molecular complexity index is 1340. The number of likely N-dealkylation sites (tertiary alicyclic amines) is 1. The van der Waals surface area contributed by atoms with Crippen molar-refractivity contribution in [1.29, 1.82) is 0 Å². The van der Waals surface area contributed by atoms with Crippen LogP contribution in [0.4, 0.5) is 32.2 Å². The first-order chi connectivity index (χ1) is 20.5. The highest BCUT2D eigenvalue weighted by Gasteiger charge is 2.62. The molecule has 1 N–H and O–H groups in total. The first kappa shape index (κ1) is 33.7. The number of hydrogen-bond donors (Lipinski definition) is 1.